The third kappa shape index (κ3) is 5.11. The van der Waals surface area contributed by atoms with Gasteiger partial charge in [-0.2, -0.15) is 0 Å². The van der Waals surface area contributed by atoms with Gasteiger partial charge in [0.05, 0.1) is 0 Å². The van der Waals surface area contributed by atoms with Gasteiger partial charge in [-0.05, 0) is 54.7 Å². The SMILES string of the molecule is CCCCC1CCCCCCCC(CCC)c2cnccc21. The van der Waals surface area contributed by atoms with Crippen LogP contribution in [0.5, 0.6) is 0 Å². The van der Waals surface area contributed by atoms with Gasteiger partial charge in [0.2, 0.25) is 0 Å². The molecule has 2 unspecified atom stereocenters. The number of hydrogen-bond acceptors (Lipinski definition) is 1. The van der Waals surface area contributed by atoms with E-state index in [9.17, 15) is 0 Å². The van der Waals surface area contributed by atoms with Crippen LogP contribution in [-0.4, -0.2) is 4.98 Å². The smallest absolute Gasteiger partial charge is 0.0305 e. The van der Waals surface area contributed by atoms with Crippen LogP contribution in [0.25, 0.3) is 0 Å². The Morgan fingerprint density at radius 1 is 0.864 bits per heavy atom. The molecule has 0 fully saturated rings. The molecule has 0 aliphatic heterocycles. The van der Waals surface area contributed by atoms with E-state index in [1.54, 1.807) is 11.1 Å². The summed E-state index contributed by atoms with van der Waals surface area (Å²) in [5.41, 5.74) is 3.23. The largest absolute Gasteiger partial charge is 0.264 e. The second-order valence-corrected chi connectivity index (χ2v) is 7.17. The van der Waals surface area contributed by atoms with Gasteiger partial charge in [0, 0.05) is 12.4 Å². The van der Waals surface area contributed by atoms with Gasteiger partial charge in [-0.15, -0.1) is 0 Å². The first kappa shape index (κ1) is 17.5. The standard InChI is InChI=1S/C21H35N/c1-3-5-12-19-14-10-8-6-7-9-13-18(11-4-2)21-17-22-16-15-20(19)21/h15-19H,3-14H2,1-2H3. The average molecular weight is 302 g/mol. The summed E-state index contributed by atoms with van der Waals surface area (Å²) in [5, 5.41) is 0. The monoisotopic (exact) mass is 301 g/mol. The molecule has 1 heterocycles. The summed E-state index contributed by atoms with van der Waals surface area (Å²) in [6.45, 7) is 4.65. The maximum atomic E-state index is 4.49. The van der Waals surface area contributed by atoms with Crippen molar-refractivity contribution in [2.45, 2.75) is 103 Å². The molecule has 2 atom stereocenters. The Labute approximate surface area is 137 Å². The lowest BCUT2D eigenvalue weighted by atomic mass is 9.81. The average Bonchev–Trinajstić information content (AvgIpc) is 2.58. The van der Waals surface area contributed by atoms with E-state index in [0.717, 1.165) is 11.8 Å². The van der Waals surface area contributed by atoms with Crippen LogP contribution < -0.4 is 0 Å². The van der Waals surface area contributed by atoms with Crippen molar-refractivity contribution in [3.8, 4) is 0 Å². The van der Waals surface area contributed by atoms with Crippen molar-refractivity contribution in [1.82, 2.24) is 4.98 Å². The molecule has 1 heteroatoms. The molecule has 1 aliphatic rings. The zero-order valence-corrected chi connectivity index (χ0v) is 14.8. The number of rotatable bonds is 5. The second kappa shape index (κ2) is 10.0. The molecule has 0 aromatic carbocycles. The Morgan fingerprint density at radius 2 is 1.55 bits per heavy atom. The van der Waals surface area contributed by atoms with Gasteiger partial charge in [0.25, 0.3) is 0 Å². The van der Waals surface area contributed by atoms with E-state index in [-0.39, 0.29) is 0 Å². The van der Waals surface area contributed by atoms with E-state index < -0.39 is 0 Å². The van der Waals surface area contributed by atoms with Crippen molar-refractivity contribution in [2.75, 3.05) is 0 Å². The molecular weight excluding hydrogens is 266 g/mol. The fraction of sp³-hybridized carbons (Fsp3) is 0.762. The Morgan fingerprint density at radius 3 is 2.23 bits per heavy atom. The van der Waals surface area contributed by atoms with E-state index in [1.807, 2.05) is 6.20 Å². The summed E-state index contributed by atoms with van der Waals surface area (Å²) >= 11 is 0. The molecule has 2 rings (SSSR count). The van der Waals surface area contributed by atoms with Gasteiger partial charge in [0.1, 0.15) is 0 Å². The molecule has 0 spiro atoms. The van der Waals surface area contributed by atoms with Crippen LogP contribution in [-0.2, 0) is 0 Å². The van der Waals surface area contributed by atoms with Crippen molar-refractivity contribution < 1.29 is 0 Å². The summed E-state index contributed by atoms with van der Waals surface area (Å²) in [7, 11) is 0. The predicted octanol–water partition coefficient (Wildman–Crippen LogP) is 6.98. The lowest BCUT2D eigenvalue weighted by molar-refractivity contribution is 0.505. The highest BCUT2D eigenvalue weighted by Crippen LogP contribution is 2.37. The van der Waals surface area contributed by atoms with Gasteiger partial charge >= 0.3 is 0 Å². The number of hydrogen-bond donors (Lipinski definition) is 0. The lowest BCUT2D eigenvalue weighted by Crippen LogP contribution is -2.08. The third-order valence-corrected chi connectivity index (χ3v) is 5.42. The topological polar surface area (TPSA) is 12.9 Å². The number of nitrogens with zero attached hydrogens (tertiary/aromatic N) is 1. The van der Waals surface area contributed by atoms with Crippen molar-refractivity contribution in [1.29, 1.82) is 0 Å². The summed E-state index contributed by atoms with van der Waals surface area (Å²) in [6.07, 6.45) is 20.8. The van der Waals surface area contributed by atoms with Crippen molar-refractivity contribution in [3.05, 3.63) is 29.6 Å². The molecule has 0 saturated heterocycles. The fourth-order valence-electron chi connectivity index (χ4n) is 4.15. The Balaban J connectivity index is 2.27. The molecular formula is C21H35N. The first-order chi connectivity index (χ1) is 10.9. The van der Waals surface area contributed by atoms with Crippen LogP contribution in [0.2, 0.25) is 0 Å². The van der Waals surface area contributed by atoms with Gasteiger partial charge in [-0.25, -0.2) is 0 Å². The minimum Gasteiger partial charge on any atom is -0.264 e. The molecule has 1 nitrogen and oxygen atoms in total. The van der Waals surface area contributed by atoms with Crippen LogP contribution in [0.15, 0.2) is 18.5 Å². The van der Waals surface area contributed by atoms with E-state index in [1.165, 1.54) is 77.0 Å². The van der Waals surface area contributed by atoms with Gasteiger partial charge in [0.15, 0.2) is 0 Å². The van der Waals surface area contributed by atoms with Crippen LogP contribution >= 0.6 is 0 Å². The molecule has 0 saturated carbocycles. The normalized spacial score (nSPS) is 23.5. The summed E-state index contributed by atoms with van der Waals surface area (Å²) in [5.74, 6) is 1.52. The van der Waals surface area contributed by atoms with Gasteiger partial charge < -0.3 is 0 Å². The Bertz CT molecular complexity index is 412. The van der Waals surface area contributed by atoms with Crippen LogP contribution in [0.3, 0.4) is 0 Å². The van der Waals surface area contributed by atoms with Gasteiger partial charge in [-0.3, -0.25) is 4.98 Å². The molecule has 1 aliphatic carbocycles. The Kier molecular flexibility index (Phi) is 7.98. The zero-order valence-electron chi connectivity index (χ0n) is 14.8. The molecule has 22 heavy (non-hydrogen) atoms. The van der Waals surface area contributed by atoms with Crippen LogP contribution in [0.1, 0.15) is 114 Å². The number of fused-ring (bicyclic) bond motifs is 1. The van der Waals surface area contributed by atoms with Crippen molar-refractivity contribution in [2.24, 2.45) is 0 Å². The second-order valence-electron chi connectivity index (χ2n) is 7.17. The minimum absolute atomic E-state index is 0.746. The number of aromatic nitrogens is 1. The highest BCUT2D eigenvalue weighted by atomic mass is 14.6. The first-order valence-corrected chi connectivity index (χ1v) is 9.80. The first-order valence-electron chi connectivity index (χ1n) is 9.80. The molecule has 1 aromatic rings. The maximum Gasteiger partial charge on any atom is 0.0305 e. The van der Waals surface area contributed by atoms with E-state index >= 15 is 0 Å². The third-order valence-electron chi connectivity index (χ3n) is 5.42. The predicted molar refractivity (Wildman–Crippen MR) is 96.5 cm³/mol. The quantitative estimate of drug-likeness (QED) is 0.571. The molecule has 0 N–H and O–H groups in total. The van der Waals surface area contributed by atoms with Crippen LogP contribution in [0, 0.1) is 0 Å². The molecule has 0 bridgehead atoms. The minimum atomic E-state index is 0.746. The number of unbranched alkanes of at least 4 members (excludes halogenated alkanes) is 1. The van der Waals surface area contributed by atoms with Crippen molar-refractivity contribution >= 4 is 0 Å². The fourth-order valence-corrected chi connectivity index (χ4v) is 4.15. The van der Waals surface area contributed by atoms with Gasteiger partial charge in [-0.1, -0.05) is 65.2 Å². The highest BCUT2D eigenvalue weighted by molar-refractivity contribution is 5.30. The molecule has 0 amide bonds. The molecule has 124 valence electrons. The maximum absolute atomic E-state index is 4.49. The van der Waals surface area contributed by atoms with E-state index in [2.05, 4.69) is 31.1 Å². The molecule has 0 radical (unpaired) electrons. The summed E-state index contributed by atoms with van der Waals surface area (Å²) in [4.78, 5) is 4.49. The molecule has 1 aromatic heterocycles. The zero-order chi connectivity index (χ0) is 15.6. The summed E-state index contributed by atoms with van der Waals surface area (Å²) in [6, 6.07) is 2.34. The van der Waals surface area contributed by atoms with E-state index in [0.29, 0.717) is 0 Å². The van der Waals surface area contributed by atoms with E-state index in [4.69, 9.17) is 0 Å². The lowest BCUT2D eigenvalue weighted by Gasteiger charge is -2.24. The summed E-state index contributed by atoms with van der Waals surface area (Å²) < 4.78 is 0. The Hall–Kier alpha value is -0.850. The highest BCUT2D eigenvalue weighted by Gasteiger charge is 2.21. The number of pyridine rings is 1. The van der Waals surface area contributed by atoms with Crippen LogP contribution in [0.4, 0.5) is 0 Å². The van der Waals surface area contributed by atoms with Crippen molar-refractivity contribution in [3.63, 3.8) is 0 Å².